The largest absolute Gasteiger partial charge is 0.314 e. The van der Waals surface area contributed by atoms with Gasteiger partial charge in [0.25, 0.3) is 0 Å². The maximum atomic E-state index is 4.77. The predicted octanol–water partition coefficient (Wildman–Crippen LogP) is 2.52. The summed E-state index contributed by atoms with van der Waals surface area (Å²) in [5.41, 5.74) is 3.72. The zero-order valence-electron chi connectivity index (χ0n) is 11.2. The Hall–Kier alpha value is -1.23. The number of hydrogen-bond acceptors (Lipinski definition) is 4. The Morgan fingerprint density at radius 3 is 2.95 bits per heavy atom. The van der Waals surface area contributed by atoms with Gasteiger partial charge in [-0.25, -0.2) is 4.98 Å². The number of aryl methyl sites for hydroxylation is 1. The van der Waals surface area contributed by atoms with Crippen LogP contribution in [0.1, 0.15) is 11.3 Å². The Labute approximate surface area is 118 Å². The molecule has 2 heterocycles. The lowest BCUT2D eigenvalue weighted by Crippen LogP contribution is -2.42. The van der Waals surface area contributed by atoms with E-state index in [0.29, 0.717) is 0 Å². The van der Waals surface area contributed by atoms with Crippen molar-refractivity contribution < 1.29 is 0 Å². The molecular formula is C15H19N3S. The molecule has 0 spiro atoms. The molecule has 0 aliphatic carbocycles. The van der Waals surface area contributed by atoms with E-state index in [1.54, 1.807) is 11.3 Å². The van der Waals surface area contributed by atoms with Crippen molar-refractivity contribution in [3.8, 4) is 10.6 Å². The van der Waals surface area contributed by atoms with E-state index < -0.39 is 0 Å². The lowest BCUT2D eigenvalue weighted by Gasteiger charge is -2.26. The molecule has 4 heteroatoms. The maximum Gasteiger partial charge on any atom is 0.123 e. The van der Waals surface area contributed by atoms with Crippen molar-refractivity contribution in [1.29, 1.82) is 0 Å². The molecule has 1 N–H and O–H groups in total. The Morgan fingerprint density at radius 2 is 2.16 bits per heavy atom. The van der Waals surface area contributed by atoms with Crippen molar-refractivity contribution >= 4 is 11.3 Å². The van der Waals surface area contributed by atoms with Gasteiger partial charge < -0.3 is 5.32 Å². The number of benzene rings is 1. The van der Waals surface area contributed by atoms with Gasteiger partial charge in [-0.2, -0.15) is 0 Å². The van der Waals surface area contributed by atoms with Crippen LogP contribution < -0.4 is 5.32 Å². The average Bonchev–Trinajstić information content (AvgIpc) is 2.88. The molecular weight excluding hydrogens is 254 g/mol. The lowest BCUT2D eigenvalue weighted by atomic mass is 10.1. The van der Waals surface area contributed by atoms with Crippen LogP contribution in [0, 0.1) is 6.92 Å². The van der Waals surface area contributed by atoms with Gasteiger partial charge in [-0.15, -0.1) is 11.3 Å². The van der Waals surface area contributed by atoms with Crippen molar-refractivity contribution in [2.45, 2.75) is 13.5 Å². The summed E-state index contributed by atoms with van der Waals surface area (Å²) in [7, 11) is 0. The molecule has 19 heavy (non-hydrogen) atoms. The Morgan fingerprint density at radius 1 is 1.32 bits per heavy atom. The smallest absolute Gasteiger partial charge is 0.123 e. The second-order valence-corrected chi connectivity index (χ2v) is 5.90. The van der Waals surface area contributed by atoms with Crippen LogP contribution in [0.5, 0.6) is 0 Å². The van der Waals surface area contributed by atoms with Crippen LogP contribution in [0.25, 0.3) is 10.6 Å². The van der Waals surface area contributed by atoms with Crippen LogP contribution in [0.15, 0.2) is 29.6 Å². The van der Waals surface area contributed by atoms with Crippen molar-refractivity contribution in [2.75, 3.05) is 26.2 Å². The quantitative estimate of drug-likeness (QED) is 0.931. The fourth-order valence-electron chi connectivity index (χ4n) is 2.39. The number of nitrogens with one attached hydrogen (secondary N) is 1. The molecule has 1 aliphatic rings. The molecule has 0 bridgehead atoms. The van der Waals surface area contributed by atoms with Crippen molar-refractivity contribution in [3.05, 3.63) is 40.9 Å². The first-order chi connectivity index (χ1) is 9.31. The number of piperazine rings is 1. The summed E-state index contributed by atoms with van der Waals surface area (Å²) in [5, 5.41) is 6.71. The highest BCUT2D eigenvalue weighted by Crippen LogP contribution is 2.24. The van der Waals surface area contributed by atoms with Crippen molar-refractivity contribution in [1.82, 2.24) is 15.2 Å². The third-order valence-electron chi connectivity index (χ3n) is 3.41. The molecule has 0 unspecified atom stereocenters. The van der Waals surface area contributed by atoms with E-state index in [1.165, 1.54) is 16.8 Å². The van der Waals surface area contributed by atoms with Crippen molar-refractivity contribution in [3.63, 3.8) is 0 Å². The summed E-state index contributed by atoms with van der Waals surface area (Å²) >= 11 is 1.75. The van der Waals surface area contributed by atoms with E-state index in [4.69, 9.17) is 4.98 Å². The Bertz CT molecular complexity index is 544. The van der Waals surface area contributed by atoms with Gasteiger partial charge in [-0.3, -0.25) is 4.90 Å². The van der Waals surface area contributed by atoms with E-state index in [0.717, 1.165) is 37.7 Å². The first-order valence-electron chi connectivity index (χ1n) is 6.76. The SMILES string of the molecule is Cc1cccc(-c2nc(CN3CCNCC3)cs2)c1. The van der Waals surface area contributed by atoms with Gasteiger partial charge in [0.05, 0.1) is 5.69 Å². The summed E-state index contributed by atoms with van der Waals surface area (Å²) in [6.45, 7) is 7.53. The minimum Gasteiger partial charge on any atom is -0.314 e. The fraction of sp³-hybridized carbons (Fsp3) is 0.400. The van der Waals surface area contributed by atoms with Gasteiger partial charge >= 0.3 is 0 Å². The molecule has 1 fully saturated rings. The third kappa shape index (κ3) is 3.21. The second kappa shape index (κ2) is 5.82. The predicted molar refractivity (Wildman–Crippen MR) is 80.4 cm³/mol. The number of thiazole rings is 1. The summed E-state index contributed by atoms with van der Waals surface area (Å²) in [4.78, 5) is 7.24. The molecule has 1 saturated heterocycles. The first-order valence-corrected chi connectivity index (χ1v) is 7.64. The maximum absolute atomic E-state index is 4.77. The van der Waals surface area contributed by atoms with E-state index in [9.17, 15) is 0 Å². The number of rotatable bonds is 3. The van der Waals surface area contributed by atoms with Gasteiger partial charge in [-0.1, -0.05) is 23.8 Å². The van der Waals surface area contributed by atoms with E-state index in [-0.39, 0.29) is 0 Å². The van der Waals surface area contributed by atoms with Gasteiger partial charge in [-0.05, 0) is 13.0 Å². The number of nitrogens with zero attached hydrogens (tertiary/aromatic N) is 2. The second-order valence-electron chi connectivity index (χ2n) is 5.04. The molecule has 0 amide bonds. The van der Waals surface area contributed by atoms with Crippen molar-refractivity contribution in [2.24, 2.45) is 0 Å². The highest BCUT2D eigenvalue weighted by Gasteiger charge is 2.12. The number of aromatic nitrogens is 1. The van der Waals surface area contributed by atoms with Crippen LogP contribution in [0.2, 0.25) is 0 Å². The van der Waals surface area contributed by atoms with Crippen LogP contribution in [-0.4, -0.2) is 36.1 Å². The summed E-state index contributed by atoms with van der Waals surface area (Å²) in [6, 6.07) is 8.56. The molecule has 2 aromatic rings. The molecule has 1 aromatic carbocycles. The van der Waals surface area contributed by atoms with Crippen LogP contribution in [-0.2, 0) is 6.54 Å². The highest BCUT2D eigenvalue weighted by molar-refractivity contribution is 7.13. The molecule has 0 atom stereocenters. The lowest BCUT2D eigenvalue weighted by molar-refractivity contribution is 0.231. The third-order valence-corrected chi connectivity index (χ3v) is 4.35. The summed E-state index contributed by atoms with van der Waals surface area (Å²) in [5.74, 6) is 0. The van der Waals surface area contributed by atoms with Gasteiger partial charge in [0.15, 0.2) is 0 Å². The molecule has 3 rings (SSSR count). The first kappa shape index (κ1) is 12.8. The highest BCUT2D eigenvalue weighted by atomic mass is 32.1. The van der Waals surface area contributed by atoms with Gasteiger partial charge in [0, 0.05) is 43.7 Å². The molecule has 1 aromatic heterocycles. The molecule has 100 valence electrons. The Balaban J connectivity index is 1.72. The van der Waals surface area contributed by atoms with E-state index in [1.807, 2.05) is 0 Å². The van der Waals surface area contributed by atoms with Gasteiger partial charge in [0.2, 0.25) is 0 Å². The topological polar surface area (TPSA) is 28.2 Å². The zero-order valence-corrected chi connectivity index (χ0v) is 12.0. The average molecular weight is 273 g/mol. The molecule has 0 saturated carbocycles. The van der Waals surface area contributed by atoms with Gasteiger partial charge in [0.1, 0.15) is 5.01 Å². The Kier molecular flexibility index (Phi) is 3.92. The van der Waals surface area contributed by atoms with Crippen LogP contribution >= 0.6 is 11.3 Å². The summed E-state index contributed by atoms with van der Waals surface area (Å²) < 4.78 is 0. The number of hydrogen-bond donors (Lipinski definition) is 1. The molecule has 3 nitrogen and oxygen atoms in total. The van der Waals surface area contributed by atoms with Crippen LogP contribution in [0.3, 0.4) is 0 Å². The normalized spacial score (nSPS) is 16.7. The van der Waals surface area contributed by atoms with Crippen LogP contribution in [0.4, 0.5) is 0 Å². The summed E-state index contributed by atoms with van der Waals surface area (Å²) in [6.07, 6.45) is 0. The monoisotopic (exact) mass is 273 g/mol. The van der Waals surface area contributed by atoms with E-state index >= 15 is 0 Å². The minimum atomic E-state index is 0.976. The van der Waals surface area contributed by atoms with E-state index in [2.05, 4.69) is 46.8 Å². The fourth-order valence-corrected chi connectivity index (χ4v) is 3.20. The molecule has 1 aliphatic heterocycles. The standard InChI is InChI=1S/C15H19N3S/c1-12-3-2-4-13(9-12)15-17-14(11-19-15)10-18-7-5-16-6-8-18/h2-4,9,11,16H,5-8,10H2,1H3. The minimum absolute atomic E-state index is 0.976. The zero-order chi connectivity index (χ0) is 13.1. The molecule has 0 radical (unpaired) electrons.